The average Bonchev–Trinajstić information content (AvgIpc) is 2.80. The van der Waals surface area contributed by atoms with Crippen molar-refractivity contribution in [3.05, 3.63) is 83.4 Å². The van der Waals surface area contributed by atoms with E-state index in [-0.39, 0.29) is 17.8 Å². The highest BCUT2D eigenvalue weighted by Gasteiger charge is 2.15. The lowest BCUT2D eigenvalue weighted by atomic mass is 9.90. The zero-order chi connectivity index (χ0) is 23.8. The van der Waals surface area contributed by atoms with E-state index in [0.717, 1.165) is 28.8 Å². The van der Waals surface area contributed by atoms with Gasteiger partial charge in [-0.15, -0.1) is 0 Å². The van der Waals surface area contributed by atoms with Crippen LogP contribution in [0.5, 0.6) is 11.5 Å². The fourth-order valence-electron chi connectivity index (χ4n) is 3.58. The third-order valence-electron chi connectivity index (χ3n) is 5.42. The summed E-state index contributed by atoms with van der Waals surface area (Å²) in [4.78, 5) is 12.3. The molecule has 0 radical (unpaired) electrons. The second kappa shape index (κ2) is 11.4. The first-order valence-corrected chi connectivity index (χ1v) is 11.5. The van der Waals surface area contributed by atoms with Gasteiger partial charge in [0.15, 0.2) is 0 Å². The van der Waals surface area contributed by atoms with Gasteiger partial charge >= 0.3 is 5.97 Å². The zero-order valence-electron chi connectivity index (χ0n) is 19.8. The van der Waals surface area contributed by atoms with Crippen molar-refractivity contribution in [1.29, 1.82) is 0 Å². The van der Waals surface area contributed by atoms with Gasteiger partial charge in [0.25, 0.3) is 0 Å². The molecule has 0 saturated heterocycles. The Labute approximate surface area is 196 Å². The molecule has 0 unspecified atom stereocenters. The highest BCUT2D eigenvalue weighted by Crippen LogP contribution is 2.35. The molecule has 0 aromatic heterocycles. The van der Waals surface area contributed by atoms with Crippen LogP contribution in [0.2, 0.25) is 0 Å². The lowest BCUT2D eigenvalue weighted by Gasteiger charge is -2.17. The molecule has 0 amide bonds. The Kier molecular flexibility index (Phi) is 8.36. The van der Waals surface area contributed by atoms with E-state index in [4.69, 9.17) is 4.74 Å². The van der Waals surface area contributed by atoms with Crippen molar-refractivity contribution in [2.75, 3.05) is 0 Å². The van der Waals surface area contributed by atoms with Crippen molar-refractivity contribution in [2.45, 2.75) is 58.8 Å². The molecule has 3 rings (SSSR count). The summed E-state index contributed by atoms with van der Waals surface area (Å²) < 4.78 is 5.46. The Balaban J connectivity index is 1.53. The zero-order valence-corrected chi connectivity index (χ0v) is 19.8. The molecule has 0 spiro atoms. The van der Waals surface area contributed by atoms with Gasteiger partial charge in [0.1, 0.15) is 11.5 Å². The number of rotatable bonds is 9. The Morgan fingerprint density at radius 2 is 1.39 bits per heavy atom. The van der Waals surface area contributed by atoms with Crippen LogP contribution in [0.4, 0.5) is 11.4 Å². The molecule has 0 heterocycles. The van der Waals surface area contributed by atoms with Crippen molar-refractivity contribution < 1.29 is 14.6 Å². The summed E-state index contributed by atoms with van der Waals surface area (Å²) in [6, 6.07) is 20.6. The summed E-state index contributed by atoms with van der Waals surface area (Å²) in [5.74, 6) is 1.10. The fourth-order valence-corrected chi connectivity index (χ4v) is 3.58. The van der Waals surface area contributed by atoms with Crippen LogP contribution >= 0.6 is 0 Å². The predicted molar refractivity (Wildman–Crippen MR) is 132 cm³/mol. The highest BCUT2D eigenvalue weighted by atomic mass is 16.5. The van der Waals surface area contributed by atoms with Crippen LogP contribution < -0.4 is 4.74 Å². The number of hydrogen-bond acceptors (Lipinski definition) is 5. The van der Waals surface area contributed by atoms with Crippen LogP contribution in [0.1, 0.15) is 69.1 Å². The quantitative estimate of drug-likeness (QED) is 0.206. The average molecular weight is 445 g/mol. The topological polar surface area (TPSA) is 71.2 Å². The second-order valence-electron chi connectivity index (χ2n) is 8.79. The summed E-state index contributed by atoms with van der Waals surface area (Å²) in [5.41, 5.74) is 4.53. The van der Waals surface area contributed by atoms with Crippen LogP contribution in [0.25, 0.3) is 0 Å². The smallest absolute Gasteiger partial charge is 0.311 e. The van der Waals surface area contributed by atoms with Gasteiger partial charge in [-0.2, -0.15) is 10.2 Å². The van der Waals surface area contributed by atoms with Gasteiger partial charge < -0.3 is 9.84 Å². The van der Waals surface area contributed by atoms with E-state index in [9.17, 15) is 9.90 Å². The first-order chi connectivity index (χ1) is 15.8. The Morgan fingerprint density at radius 1 is 0.848 bits per heavy atom. The summed E-state index contributed by atoms with van der Waals surface area (Å²) in [6.07, 6.45) is 1.76. The number of phenolic OH excluding ortho intramolecular Hbond substituents is 1. The summed E-state index contributed by atoms with van der Waals surface area (Å²) in [6.45, 7) is 8.31. The third kappa shape index (κ3) is 7.01. The minimum atomic E-state index is -0.263. The number of aryl methyl sites for hydroxylation is 1. The monoisotopic (exact) mass is 444 g/mol. The molecule has 0 aliphatic rings. The molecule has 0 atom stereocenters. The van der Waals surface area contributed by atoms with Crippen LogP contribution in [-0.2, 0) is 11.2 Å². The maximum absolute atomic E-state index is 12.3. The van der Waals surface area contributed by atoms with Crippen LogP contribution in [-0.4, -0.2) is 11.1 Å². The molecule has 1 N–H and O–H groups in total. The Hall–Kier alpha value is -3.47. The van der Waals surface area contributed by atoms with Gasteiger partial charge in [0.2, 0.25) is 0 Å². The number of esters is 1. The van der Waals surface area contributed by atoms with Crippen LogP contribution in [0.3, 0.4) is 0 Å². The fraction of sp³-hybridized carbons (Fsp3) is 0.321. The SMILES string of the molecule is CC(C)c1cc(CCCC(=O)Oc2ccc(N=Nc3ccccc3)cc2)cc(C(C)C)c1O. The van der Waals surface area contributed by atoms with Gasteiger partial charge in [-0.3, -0.25) is 4.79 Å². The molecule has 3 aromatic rings. The van der Waals surface area contributed by atoms with Crippen LogP contribution in [0.15, 0.2) is 77.0 Å². The van der Waals surface area contributed by atoms with Gasteiger partial charge in [-0.1, -0.05) is 58.0 Å². The van der Waals surface area contributed by atoms with E-state index in [0.29, 0.717) is 30.0 Å². The second-order valence-corrected chi connectivity index (χ2v) is 8.79. The minimum absolute atomic E-state index is 0.239. The molecule has 5 heteroatoms. The summed E-state index contributed by atoms with van der Waals surface area (Å²) in [7, 11) is 0. The molecule has 0 aliphatic heterocycles. The molecular formula is C28H32N2O3. The maximum Gasteiger partial charge on any atom is 0.311 e. The lowest BCUT2D eigenvalue weighted by Crippen LogP contribution is -2.08. The number of carbonyl (C=O) groups excluding carboxylic acids is 1. The normalized spacial score (nSPS) is 11.5. The molecule has 3 aromatic carbocycles. The number of nitrogens with zero attached hydrogens (tertiary/aromatic N) is 2. The number of azo groups is 1. The first-order valence-electron chi connectivity index (χ1n) is 11.5. The molecule has 172 valence electrons. The van der Waals surface area contributed by atoms with Crippen molar-refractivity contribution in [3.63, 3.8) is 0 Å². The molecule has 33 heavy (non-hydrogen) atoms. The number of ether oxygens (including phenoxy) is 1. The third-order valence-corrected chi connectivity index (χ3v) is 5.42. The number of carbonyl (C=O) groups is 1. The first kappa shape index (κ1) is 24.2. The number of aromatic hydroxyl groups is 1. The summed E-state index contributed by atoms with van der Waals surface area (Å²) >= 11 is 0. The lowest BCUT2D eigenvalue weighted by molar-refractivity contribution is -0.134. The minimum Gasteiger partial charge on any atom is -0.507 e. The van der Waals surface area contributed by atoms with E-state index >= 15 is 0 Å². The van der Waals surface area contributed by atoms with Crippen molar-refractivity contribution in [3.8, 4) is 11.5 Å². The highest BCUT2D eigenvalue weighted by molar-refractivity contribution is 5.72. The summed E-state index contributed by atoms with van der Waals surface area (Å²) in [5, 5.41) is 18.9. The largest absolute Gasteiger partial charge is 0.507 e. The molecule has 0 saturated carbocycles. The van der Waals surface area contributed by atoms with E-state index in [2.05, 4.69) is 50.1 Å². The van der Waals surface area contributed by atoms with Crippen molar-refractivity contribution in [2.24, 2.45) is 10.2 Å². The van der Waals surface area contributed by atoms with Crippen LogP contribution in [0, 0.1) is 0 Å². The predicted octanol–water partition coefficient (Wildman–Crippen LogP) is 7.98. The van der Waals surface area contributed by atoms with Gasteiger partial charge in [-0.25, -0.2) is 0 Å². The van der Waals surface area contributed by atoms with Crippen molar-refractivity contribution >= 4 is 17.3 Å². The maximum atomic E-state index is 12.3. The van der Waals surface area contributed by atoms with Gasteiger partial charge in [0, 0.05) is 6.42 Å². The molecular weight excluding hydrogens is 412 g/mol. The standard InChI is InChI=1S/C28H32N2O3/c1-19(2)25-17-21(18-26(20(3)4)28(25)32)9-8-12-27(31)33-24-15-13-23(14-16-24)30-29-22-10-6-5-7-11-22/h5-7,10-11,13-20,32H,8-9,12H2,1-4H3. The Bertz CT molecular complexity index is 1060. The molecule has 0 aliphatic carbocycles. The molecule has 5 nitrogen and oxygen atoms in total. The van der Waals surface area contributed by atoms with E-state index < -0.39 is 0 Å². The van der Waals surface area contributed by atoms with Gasteiger partial charge in [0.05, 0.1) is 11.4 Å². The molecule has 0 bridgehead atoms. The van der Waals surface area contributed by atoms with Gasteiger partial charge in [-0.05, 0) is 77.8 Å². The number of phenols is 1. The number of benzene rings is 3. The Morgan fingerprint density at radius 3 is 1.94 bits per heavy atom. The van der Waals surface area contributed by atoms with Crippen molar-refractivity contribution in [1.82, 2.24) is 0 Å². The van der Waals surface area contributed by atoms with E-state index in [1.54, 1.807) is 24.3 Å². The number of hydrogen-bond donors (Lipinski definition) is 1. The van der Waals surface area contributed by atoms with E-state index in [1.807, 2.05) is 30.3 Å². The van der Waals surface area contributed by atoms with E-state index in [1.165, 1.54) is 0 Å². The molecule has 0 fully saturated rings.